The van der Waals surface area contributed by atoms with E-state index in [1.54, 1.807) is 13.0 Å². The molecule has 0 saturated carbocycles. The zero-order valence-corrected chi connectivity index (χ0v) is 8.73. The van der Waals surface area contributed by atoms with Gasteiger partial charge in [0, 0.05) is 6.07 Å². The predicted molar refractivity (Wildman–Crippen MR) is 54.4 cm³/mol. The highest BCUT2D eigenvalue weighted by molar-refractivity contribution is 6.01. The maximum Gasteiger partial charge on any atom is 0.283 e. The molecule has 15 heavy (non-hydrogen) atoms. The Labute approximate surface area is 86.8 Å². The number of ether oxygens (including phenoxy) is 1. The monoisotopic (exact) mass is 209 g/mol. The lowest BCUT2D eigenvalue weighted by Gasteiger charge is -2.08. The van der Waals surface area contributed by atoms with E-state index in [0.29, 0.717) is 5.56 Å². The molecule has 0 heterocycles. The van der Waals surface area contributed by atoms with E-state index in [1.165, 1.54) is 20.1 Å². The van der Waals surface area contributed by atoms with Gasteiger partial charge >= 0.3 is 0 Å². The van der Waals surface area contributed by atoms with Crippen LogP contribution in [0.15, 0.2) is 12.1 Å². The molecule has 0 spiro atoms. The molecule has 80 valence electrons. The summed E-state index contributed by atoms with van der Waals surface area (Å²) in [6.45, 7) is 3.01. The van der Waals surface area contributed by atoms with Crippen LogP contribution in [0.3, 0.4) is 0 Å². The molecular weight excluding hydrogens is 198 g/mol. The van der Waals surface area contributed by atoms with Crippen molar-refractivity contribution in [1.82, 2.24) is 0 Å². The second-order valence-corrected chi connectivity index (χ2v) is 3.12. The van der Waals surface area contributed by atoms with Crippen molar-refractivity contribution in [1.29, 1.82) is 0 Å². The van der Waals surface area contributed by atoms with E-state index in [1.807, 2.05) is 0 Å². The van der Waals surface area contributed by atoms with Crippen molar-refractivity contribution in [2.24, 2.45) is 0 Å². The van der Waals surface area contributed by atoms with Gasteiger partial charge in [-0.3, -0.25) is 14.9 Å². The summed E-state index contributed by atoms with van der Waals surface area (Å²) >= 11 is 0. The molecule has 0 saturated heterocycles. The van der Waals surface area contributed by atoms with Crippen molar-refractivity contribution < 1.29 is 14.5 Å². The van der Waals surface area contributed by atoms with Gasteiger partial charge in [0.2, 0.25) is 0 Å². The van der Waals surface area contributed by atoms with E-state index >= 15 is 0 Å². The molecule has 0 atom stereocenters. The minimum absolute atomic E-state index is 0.0301. The number of aryl methyl sites for hydroxylation is 1. The maximum atomic E-state index is 11.3. The largest absolute Gasteiger partial charge is 0.495 e. The normalized spacial score (nSPS) is 9.80. The van der Waals surface area contributed by atoms with E-state index in [2.05, 4.69) is 0 Å². The first-order chi connectivity index (χ1) is 6.99. The molecule has 0 unspecified atom stereocenters. The summed E-state index contributed by atoms with van der Waals surface area (Å²) in [5.41, 5.74) is 0.515. The van der Waals surface area contributed by atoms with Gasteiger partial charge in [0.1, 0.15) is 11.3 Å². The summed E-state index contributed by atoms with van der Waals surface area (Å²) < 4.78 is 5.00. The molecule has 0 aliphatic heterocycles. The van der Waals surface area contributed by atoms with Crippen LogP contribution in [0.4, 0.5) is 5.69 Å². The summed E-state index contributed by atoms with van der Waals surface area (Å²) in [5, 5.41) is 10.7. The van der Waals surface area contributed by atoms with E-state index in [-0.39, 0.29) is 22.8 Å². The Bertz CT molecular complexity index is 426. The van der Waals surface area contributed by atoms with Gasteiger partial charge in [-0.05, 0) is 25.5 Å². The van der Waals surface area contributed by atoms with Crippen molar-refractivity contribution in [3.8, 4) is 5.75 Å². The Balaban J connectivity index is 3.56. The van der Waals surface area contributed by atoms with Gasteiger partial charge in [-0.1, -0.05) is 0 Å². The van der Waals surface area contributed by atoms with Gasteiger partial charge in [-0.15, -0.1) is 0 Å². The highest BCUT2D eigenvalue weighted by atomic mass is 16.6. The molecule has 0 aliphatic rings. The molecule has 0 amide bonds. The van der Waals surface area contributed by atoms with Crippen molar-refractivity contribution in [3.63, 3.8) is 0 Å². The average Bonchev–Trinajstić information content (AvgIpc) is 2.16. The summed E-state index contributed by atoms with van der Waals surface area (Å²) in [4.78, 5) is 21.4. The number of nitrogens with zero attached hydrogens (tertiary/aromatic N) is 1. The molecule has 0 radical (unpaired) electrons. The smallest absolute Gasteiger partial charge is 0.283 e. The van der Waals surface area contributed by atoms with Gasteiger partial charge in [0.05, 0.1) is 12.0 Å². The molecule has 0 bridgehead atoms. The number of carbonyl (C=O) groups excluding carboxylic acids is 1. The highest BCUT2D eigenvalue weighted by Crippen LogP contribution is 2.31. The van der Waals surface area contributed by atoms with Gasteiger partial charge in [0.25, 0.3) is 5.69 Å². The minimum atomic E-state index is -0.585. The van der Waals surface area contributed by atoms with E-state index in [0.717, 1.165) is 0 Å². The first kappa shape index (κ1) is 11.2. The number of benzene rings is 1. The van der Waals surface area contributed by atoms with Gasteiger partial charge < -0.3 is 4.74 Å². The lowest BCUT2D eigenvalue weighted by atomic mass is 10.0. The zero-order chi connectivity index (χ0) is 11.6. The number of hydrogen-bond acceptors (Lipinski definition) is 4. The number of ketones is 1. The van der Waals surface area contributed by atoms with Crippen LogP contribution in [0.2, 0.25) is 0 Å². The van der Waals surface area contributed by atoms with Crippen LogP contribution in [0, 0.1) is 17.0 Å². The Morgan fingerprint density at radius 1 is 1.47 bits per heavy atom. The number of nitro groups is 1. The van der Waals surface area contributed by atoms with Crippen LogP contribution in [0.25, 0.3) is 0 Å². The fraction of sp³-hybridized carbons (Fsp3) is 0.300. The van der Waals surface area contributed by atoms with Crippen molar-refractivity contribution in [3.05, 3.63) is 33.4 Å². The maximum absolute atomic E-state index is 11.3. The van der Waals surface area contributed by atoms with Crippen LogP contribution in [0.5, 0.6) is 5.75 Å². The summed E-state index contributed by atoms with van der Waals surface area (Å²) in [5.74, 6) is -0.0982. The fourth-order valence-corrected chi connectivity index (χ4v) is 1.43. The topological polar surface area (TPSA) is 69.4 Å². The zero-order valence-electron chi connectivity index (χ0n) is 8.73. The van der Waals surface area contributed by atoms with Gasteiger partial charge in [-0.25, -0.2) is 0 Å². The van der Waals surface area contributed by atoms with Crippen LogP contribution in [-0.2, 0) is 0 Å². The number of Topliss-reactive ketones (excluding diaryl/α,β-unsaturated/α-hetero) is 1. The van der Waals surface area contributed by atoms with Crippen LogP contribution < -0.4 is 4.74 Å². The molecule has 0 aliphatic carbocycles. The second kappa shape index (κ2) is 4.08. The Morgan fingerprint density at radius 3 is 2.47 bits per heavy atom. The summed E-state index contributed by atoms with van der Waals surface area (Å²) in [7, 11) is 1.39. The van der Waals surface area contributed by atoms with E-state index < -0.39 is 4.92 Å². The molecule has 1 rings (SSSR count). The number of methoxy groups -OCH3 is 1. The average molecular weight is 209 g/mol. The summed E-state index contributed by atoms with van der Waals surface area (Å²) in [6.07, 6.45) is 0. The standard InChI is InChI=1S/C10H11NO4/c1-6-4-5-8(11(13)14)9(7(2)12)10(6)15-3/h4-5H,1-3H3. The second-order valence-electron chi connectivity index (χ2n) is 3.12. The van der Waals surface area contributed by atoms with Crippen molar-refractivity contribution in [2.45, 2.75) is 13.8 Å². The van der Waals surface area contributed by atoms with Crippen LogP contribution >= 0.6 is 0 Å². The Kier molecular flexibility index (Phi) is 3.04. The lowest BCUT2D eigenvalue weighted by molar-refractivity contribution is -0.385. The minimum Gasteiger partial charge on any atom is -0.495 e. The van der Waals surface area contributed by atoms with E-state index in [4.69, 9.17) is 4.74 Å². The molecule has 0 N–H and O–H groups in total. The fourth-order valence-electron chi connectivity index (χ4n) is 1.43. The third-order valence-electron chi connectivity index (χ3n) is 2.09. The first-order valence-corrected chi connectivity index (χ1v) is 4.32. The first-order valence-electron chi connectivity index (χ1n) is 4.32. The van der Waals surface area contributed by atoms with Crippen LogP contribution in [-0.4, -0.2) is 17.8 Å². The Morgan fingerprint density at radius 2 is 2.07 bits per heavy atom. The quantitative estimate of drug-likeness (QED) is 0.434. The molecular formula is C10H11NO4. The summed E-state index contributed by atoms with van der Waals surface area (Å²) in [6, 6.07) is 2.87. The SMILES string of the molecule is COc1c(C)ccc([N+](=O)[O-])c1C(C)=O. The molecule has 0 aromatic heterocycles. The van der Waals surface area contributed by atoms with Crippen LogP contribution in [0.1, 0.15) is 22.8 Å². The Hall–Kier alpha value is -1.91. The number of rotatable bonds is 3. The molecule has 1 aromatic carbocycles. The number of hydrogen-bond donors (Lipinski definition) is 0. The number of nitro benzene ring substituents is 1. The van der Waals surface area contributed by atoms with Gasteiger partial charge in [-0.2, -0.15) is 0 Å². The predicted octanol–water partition coefficient (Wildman–Crippen LogP) is 2.11. The third kappa shape index (κ3) is 1.96. The molecule has 5 nitrogen and oxygen atoms in total. The highest BCUT2D eigenvalue weighted by Gasteiger charge is 2.23. The van der Waals surface area contributed by atoms with E-state index in [9.17, 15) is 14.9 Å². The number of carbonyl (C=O) groups is 1. The lowest BCUT2D eigenvalue weighted by Crippen LogP contribution is -2.04. The van der Waals surface area contributed by atoms with Gasteiger partial charge in [0.15, 0.2) is 5.78 Å². The third-order valence-corrected chi connectivity index (χ3v) is 2.09. The molecule has 0 fully saturated rings. The molecule has 5 heteroatoms. The molecule has 1 aromatic rings. The van der Waals surface area contributed by atoms with Crippen molar-refractivity contribution >= 4 is 11.5 Å². The van der Waals surface area contributed by atoms with Crippen molar-refractivity contribution in [2.75, 3.05) is 7.11 Å².